The normalized spacial score (nSPS) is 9.75. The van der Waals surface area contributed by atoms with Crippen LogP contribution in [0.25, 0.3) is 0 Å². The van der Waals surface area contributed by atoms with Crippen LogP contribution in [0, 0.1) is 6.92 Å². The van der Waals surface area contributed by atoms with Gasteiger partial charge in [-0.05, 0) is 30.2 Å². The lowest BCUT2D eigenvalue weighted by molar-refractivity contribution is -0.136. The van der Waals surface area contributed by atoms with E-state index >= 15 is 0 Å². The van der Waals surface area contributed by atoms with E-state index in [0.29, 0.717) is 5.69 Å². The van der Waals surface area contributed by atoms with E-state index in [9.17, 15) is 4.79 Å². The topological polar surface area (TPSA) is 63.3 Å². The zero-order chi connectivity index (χ0) is 9.14. The van der Waals surface area contributed by atoms with Gasteiger partial charge in [-0.2, -0.15) is 0 Å². The monoisotopic (exact) mass is 165 g/mol. The van der Waals surface area contributed by atoms with Gasteiger partial charge < -0.3 is 10.8 Å². The fraction of sp³-hybridized carbons (Fsp3) is 0.222. The van der Waals surface area contributed by atoms with Gasteiger partial charge in [-0.3, -0.25) is 4.79 Å². The van der Waals surface area contributed by atoms with E-state index in [2.05, 4.69) is 0 Å². The number of carboxylic acids is 1. The maximum atomic E-state index is 10.4. The Labute approximate surface area is 70.8 Å². The van der Waals surface area contributed by atoms with Crippen molar-refractivity contribution < 1.29 is 9.90 Å². The fourth-order valence-electron chi connectivity index (χ4n) is 1.04. The number of nitrogens with two attached hydrogens (primary N) is 1. The SMILES string of the molecule is Cc1ccc(N)cc1CC(=O)O. The summed E-state index contributed by atoms with van der Waals surface area (Å²) in [5, 5.41) is 8.54. The molecule has 0 fully saturated rings. The maximum absolute atomic E-state index is 10.4. The minimum absolute atomic E-state index is 0.0386. The Kier molecular flexibility index (Phi) is 2.33. The molecule has 0 aliphatic heterocycles. The van der Waals surface area contributed by atoms with Crippen LogP contribution in [-0.2, 0) is 11.2 Å². The Morgan fingerprint density at radius 3 is 2.83 bits per heavy atom. The molecule has 0 spiro atoms. The first-order valence-corrected chi connectivity index (χ1v) is 3.66. The second-order valence-electron chi connectivity index (χ2n) is 2.76. The molecule has 3 N–H and O–H groups in total. The Bertz CT molecular complexity index is 307. The van der Waals surface area contributed by atoms with Gasteiger partial charge in [0.1, 0.15) is 0 Å². The summed E-state index contributed by atoms with van der Waals surface area (Å²) in [6.45, 7) is 1.87. The van der Waals surface area contributed by atoms with Crippen molar-refractivity contribution in [3.8, 4) is 0 Å². The highest BCUT2D eigenvalue weighted by molar-refractivity contribution is 5.71. The lowest BCUT2D eigenvalue weighted by Gasteiger charge is -2.03. The highest BCUT2D eigenvalue weighted by atomic mass is 16.4. The van der Waals surface area contributed by atoms with Crippen LogP contribution in [0.5, 0.6) is 0 Å². The van der Waals surface area contributed by atoms with Crippen LogP contribution < -0.4 is 5.73 Å². The first kappa shape index (κ1) is 8.59. The van der Waals surface area contributed by atoms with Crippen molar-refractivity contribution >= 4 is 11.7 Å². The molecule has 0 aromatic heterocycles. The number of aliphatic carboxylic acids is 1. The van der Waals surface area contributed by atoms with Crippen LogP contribution in [0.4, 0.5) is 5.69 Å². The number of carboxylic acid groups (broad SMARTS) is 1. The average Bonchev–Trinajstić information content (AvgIpc) is 1.96. The molecular formula is C9H11NO2. The molecule has 0 amide bonds. The summed E-state index contributed by atoms with van der Waals surface area (Å²) in [6.07, 6.45) is 0.0386. The molecule has 0 bridgehead atoms. The molecular weight excluding hydrogens is 154 g/mol. The molecule has 0 aliphatic carbocycles. The summed E-state index contributed by atoms with van der Waals surface area (Å²) < 4.78 is 0. The number of rotatable bonds is 2. The Morgan fingerprint density at radius 2 is 2.25 bits per heavy atom. The number of nitrogen functional groups attached to an aromatic ring is 1. The molecule has 3 nitrogen and oxygen atoms in total. The van der Waals surface area contributed by atoms with Crippen molar-refractivity contribution in [2.45, 2.75) is 13.3 Å². The minimum Gasteiger partial charge on any atom is -0.481 e. The summed E-state index contributed by atoms with van der Waals surface area (Å²) in [5.41, 5.74) is 7.86. The van der Waals surface area contributed by atoms with E-state index in [0.717, 1.165) is 11.1 Å². The number of carbonyl (C=O) groups is 1. The first-order valence-electron chi connectivity index (χ1n) is 3.66. The third-order valence-electron chi connectivity index (χ3n) is 1.71. The molecule has 12 heavy (non-hydrogen) atoms. The van der Waals surface area contributed by atoms with Crippen LogP contribution in [0.3, 0.4) is 0 Å². The van der Waals surface area contributed by atoms with Gasteiger partial charge in [-0.25, -0.2) is 0 Å². The zero-order valence-electron chi connectivity index (χ0n) is 6.87. The van der Waals surface area contributed by atoms with Crippen molar-refractivity contribution in [1.29, 1.82) is 0 Å². The summed E-state index contributed by atoms with van der Waals surface area (Å²) >= 11 is 0. The maximum Gasteiger partial charge on any atom is 0.307 e. The second kappa shape index (κ2) is 3.26. The number of benzene rings is 1. The molecule has 0 saturated carbocycles. The molecule has 3 heteroatoms. The fourth-order valence-corrected chi connectivity index (χ4v) is 1.04. The van der Waals surface area contributed by atoms with Crippen molar-refractivity contribution in [3.63, 3.8) is 0 Å². The van der Waals surface area contributed by atoms with Crippen molar-refractivity contribution in [2.24, 2.45) is 0 Å². The quantitative estimate of drug-likeness (QED) is 0.647. The lowest BCUT2D eigenvalue weighted by atomic mass is 10.1. The Balaban J connectivity index is 2.97. The molecule has 0 atom stereocenters. The number of hydrogen-bond donors (Lipinski definition) is 2. The summed E-state index contributed by atoms with van der Waals surface area (Å²) in [6, 6.07) is 5.29. The second-order valence-corrected chi connectivity index (χ2v) is 2.76. The number of hydrogen-bond acceptors (Lipinski definition) is 2. The largest absolute Gasteiger partial charge is 0.481 e. The highest BCUT2D eigenvalue weighted by Gasteiger charge is 2.03. The molecule has 1 aromatic carbocycles. The van der Waals surface area contributed by atoms with Gasteiger partial charge in [-0.15, -0.1) is 0 Å². The van der Waals surface area contributed by atoms with Crippen LogP contribution in [0.15, 0.2) is 18.2 Å². The van der Waals surface area contributed by atoms with Gasteiger partial charge in [0, 0.05) is 5.69 Å². The van der Waals surface area contributed by atoms with Crippen molar-refractivity contribution in [3.05, 3.63) is 29.3 Å². The molecule has 0 unspecified atom stereocenters. The summed E-state index contributed by atoms with van der Waals surface area (Å²) in [4.78, 5) is 10.4. The average molecular weight is 165 g/mol. The lowest BCUT2D eigenvalue weighted by Crippen LogP contribution is -2.02. The zero-order valence-corrected chi connectivity index (χ0v) is 6.87. The van der Waals surface area contributed by atoms with E-state index in [4.69, 9.17) is 10.8 Å². The predicted molar refractivity (Wildman–Crippen MR) is 46.9 cm³/mol. The van der Waals surface area contributed by atoms with Gasteiger partial charge in [0.05, 0.1) is 6.42 Å². The van der Waals surface area contributed by atoms with E-state index in [1.54, 1.807) is 12.1 Å². The molecule has 1 rings (SSSR count). The molecule has 0 radical (unpaired) electrons. The van der Waals surface area contributed by atoms with Gasteiger partial charge in [0.15, 0.2) is 0 Å². The Morgan fingerprint density at radius 1 is 1.58 bits per heavy atom. The third-order valence-corrected chi connectivity index (χ3v) is 1.71. The van der Waals surface area contributed by atoms with E-state index < -0.39 is 5.97 Å². The van der Waals surface area contributed by atoms with Crippen molar-refractivity contribution in [2.75, 3.05) is 5.73 Å². The third kappa shape index (κ3) is 1.99. The molecule has 0 aliphatic rings. The van der Waals surface area contributed by atoms with Gasteiger partial charge >= 0.3 is 5.97 Å². The van der Waals surface area contributed by atoms with E-state index in [1.807, 2.05) is 13.0 Å². The van der Waals surface area contributed by atoms with E-state index in [-0.39, 0.29) is 6.42 Å². The van der Waals surface area contributed by atoms with Crippen LogP contribution >= 0.6 is 0 Å². The van der Waals surface area contributed by atoms with Crippen LogP contribution in [0.2, 0.25) is 0 Å². The number of anilines is 1. The first-order chi connectivity index (χ1) is 5.59. The summed E-state index contributed by atoms with van der Waals surface area (Å²) in [5.74, 6) is -0.830. The van der Waals surface area contributed by atoms with Gasteiger partial charge in [-0.1, -0.05) is 6.07 Å². The summed E-state index contributed by atoms with van der Waals surface area (Å²) in [7, 11) is 0. The van der Waals surface area contributed by atoms with Crippen LogP contribution in [-0.4, -0.2) is 11.1 Å². The minimum atomic E-state index is -0.830. The van der Waals surface area contributed by atoms with Crippen LogP contribution in [0.1, 0.15) is 11.1 Å². The molecule has 0 saturated heterocycles. The van der Waals surface area contributed by atoms with Crippen molar-refractivity contribution in [1.82, 2.24) is 0 Å². The molecule has 64 valence electrons. The standard InChI is InChI=1S/C9H11NO2/c1-6-2-3-8(10)4-7(6)5-9(11)12/h2-4H,5,10H2,1H3,(H,11,12). The van der Waals surface area contributed by atoms with Gasteiger partial charge in [0.2, 0.25) is 0 Å². The van der Waals surface area contributed by atoms with Gasteiger partial charge in [0.25, 0.3) is 0 Å². The predicted octanol–water partition coefficient (Wildman–Crippen LogP) is 1.20. The highest BCUT2D eigenvalue weighted by Crippen LogP contribution is 2.12. The number of aryl methyl sites for hydroxylation is 1. The molecule has 1 aromatic rings. The Hall–Kier alpha value is -1.51. The smallest absolute Gasteiger partial charge is 0.307 e. The van der Waals surface area contributed by atoms with E-state index in [1.165, 1.54) is 0 Å². The molecule has 0 heterocycles.